The zero-order valence-electron chi connectivity index (χ0n) is 13.6. The van der Waals surface area contributed by atoms with Crippen molar-refractivity contribution in [3.05, 3.63) is 28.1 Å². The van der Waals surface area contributed by atoms with Crippen LogP contribution in [0.4, 0.5) is 0 Å². The van der Waals surface area contributed by atoms with Gasteiger partial charge in [0.15, 0.2) is 5.82 Å². The summed E-state index contributed by atoms with van der Waals surface area (Å²) < 4.78 is 10.5. The predicted octanol–water partition coefficient (Wildman–Crippen LogP) is 1.27. The van der Waals surface area contributed by atoms with Crippen molar-refractivity contribution in [2.45, 2.75) is 32.9 Å². The quantitative estimate of drug-likeness (QED) is 0.752. The largest absolute Gasteiger partial charge is 0.467 e. The molecule has 0 aliphatic rings. The van der Waals surface area contributed by atoms with Crippen LogP contribution in [0.1, 0.15) is 20.3 Å². The van der Waals surface area contributed by atoms with Gasteiger partial charge in [-0.05, 0) is 17.4 Å². The number of aromatic nitrogens is 2. The van der Waals surface area contributed by atoms with Gasteiger partial charge in [-0.2, -0.15) is 0 Å². The molecule has 0 aliphatic carbocycles. The number of ether oxygens (including phenoxy) is 1. The minimum Gasteiger partial charge on any atom is -0.467 e. The number of thiophene rings is 1. The molecule has 9 heteroatoms. The van der Waals surface area contributed by atoms with Crippen molar-refractivity contribution in [3.63, 3.8) is 0 Å². The Morgan fingerprint density at radius 1 is 1.50 bits per heavy atom. The Bertz CT molecular complexity index is 750. The molecule has 0 aliphatic heterocycles. The fraction of sp³-hybridized carbons (Fsp3) is 0.467. The summed E-state index contributed by atoms with van der Waals surface area (Å²) >= 11 is 1.37. The second kappa shape index (κ2) is 7.91. The number of carbonyl (C=O) groups excluding carboxylic acids is 2. The van der Waals surface area contributed by atoms with Crippen LogP contribution in [0.5, 0.6) is 0 Å². The third-order valence-corrected chi connectivity index (χ3v) is 4.58. The van der Waals surface area contributed by atoms with Crippen LogP contribution in [0.25, 0.3) is 10.7 Å². The first-order valence-electron chi connectivity index (χ1n) is 7.45. The minimum atomic E-state index is -0.770. The Balaban J connectivity index is 2.16. The number of esters is 1. The first kappa shape index (κ1) is 17.9. The molecule has 1 amide bonds. The van der Waals surface area contributed by atoms with E-state index in [1.54, 1.807) is 12.1 Å². The smallest absolute Gasteiger partial charge is 0.442 e. The van der Waals surface area contributed by atoms with E-state index in [0.29, 0.717) is 11.3 Å². The molecule has 0 aromatic carbocycles. The van der Waals surface area contributed by atoms with E-state index in [4.69, 9.17) is 4.74 Å². The van der Waals surface area contributed by atoms with E-state index in [9.17, 15) is 14.4 Å². The number of nitrogens with one attached hydrogen (secondary N) is 1. The predicted molar refractivity (Wildman–Crippen MR) is 87.5 cm³/mol. The number of hydrogen-bond acceptors (Lipinski definition) is 7. The van der Waals surface area contributed by atoms with Crippen molar-refractivity contribution in [2.24, 2.45) is 5.92 Å². The van der Waals surface area contributed by atoms with Gasteiger partial charge in [-0.15, -0.1) is 11.3 Å². The van der Waals surface area contributed by atoms with Crippen molar-refractivity contribution in [3.8, 4) is 10.7 Å². The lowest BCUT2D eigenvalue weighted by Crippen LogP contribution is -2.47. The Labute approximate surface area is 142 Å². The molecule has 2 rings (SSSR count). The maximum Gasteiger partial charge on any atom is 0.442 e. The van der Waals surface area contributed by atoms with Gasteiger partial charge in [0, 0.05) is 0 Å². The van der Waals surface area contributed by atoms with Crippen LogP contribution in [0.2, 0.25) is 0 Å². The minimum absolute atomic E-state index is 0.0997. The lowest BCUT2D eigenvalue weighted by Gasteiger charge is -2.21. The summed E-state index contributed by atoms with van der Waals surface area (Å²) in [5.74, 6) is -1.56. The third-order valence-electron chi connectivity index (χ3n) is 3.71. The molecule has 8 nitrogen and oxygen atoms in total. The number of methoxy groups -OCH3 is 1. The molecule has 24 heavy (non-hydrogen) atoms. The number of carbonyl (C=O) groups is 2. The van der Waals surface area contributed by atoms with Gasteiger partial charge in [0.2, 0.25) is 5.91 Å². The van der Waals surface area contributed by atoms with E-state index in [2.05, 4.69) is 15.0 Å². The Hall–Kier alpha value is -2.42. The van der Waals surface area contributed by atoms with Gasteiger partial charge >= 0.3 is 11.7 Å². The van der Waals surface area contributed by atoms with E-state index in [-0.39, 0.29) is 18.3 Å². The molecule has 0 spiro atoms. The fourth-order valence-electron chi connectivity index (χ4n) is 2.15. The molecule has 0 radical (unpaired) electrons. The van der Waals surface area contributed by atoms with E-state index in [1.165, 1.54) is 18.4 Å². The maximum atomic E-state index is 12.3. The summed E-state index contributed by atoms with van der Waals surface area (Å²) in [5.41, 5.74) is 0. The van der Waals surface area contributed by atoms with Crippen LogP contribution >= 0.6 is 11.3 Å². The number of amides is 1. The second-order valence-corrected chi connectivity index (χ2v) is 6.24. The van der Waals surface area contributed by atoms with Gasteiger partial charge in [0.05, 0.1) is 12.0 Å². The Morgan fingerprint density at radius 2 is 2.25 bits per heavy atom. The van der Waals surface area contributed by atoms with E-state index in [1.807, 2.05) is 19.2 Å². The molecule has 0 saturated heterocycles. The highest BCUT2D eigenvalue weighted by molar-refractivity contribution is 7.13. The summed E-state index contributed by atoms with van der Waals surface area (Å²) in [6.45, 7) is 3.45. The molecule has 2 heterocycles. The highest BCUT2D eigenvalue weighted by Gasteiger charge is 2.27. The van der Waals surface area contributed by atoms with Gasteiger partial charge in [0.25, 0.3) is 0 Å². The molecule has 0 bridgehead atoms. The molecule has 2 aromatic heterocycles. The summed E-state index contributed by atoms with van der Waals surface area (Å²) in [4.78, 5) is 36.6. The molecule has 2 aromatic rings. The fourth-order valence-corrected chi connectivity index (χ4v) is 2.86. The summed E-state index contributed by atoms with van der Waals surface area (Å²) in [5, 5.41) is 8.15. The molecule has 0 saturated carbocycles. The van der Waals surface area contributed by atoms with Gasteiger partial charge < -0.3 is 10.1 Å². The van der Waals surface area contributed by atoms with Crippen LogP contribution in [-0.2, 0) is 20.9 Å². The number of rotatable bonds is 7. The average Bonchev–Trinajstić information content (AvgIpc) is 3.22. The van der Waals surface area contributed by atoms with Crippen molar-refractivity contribution in [2.75, 3.05) is 7.11 Å². The number of hydrogen-bond donors (Lipinski definition) is 1. The van der Waals surface area contributed by atoms with E-state index < -0.39 is 23.7 Å². The highest BCUT2D eigenvalue weighted by atomic mass is 32.1. The van der Waals surface area contributed by atoms with E-state index >= 15 is 0 Å². The SMILES string of the molecule is CC[C@H](C)[C@@H](NC(=O)Cn1c(-c2cccs2)noc1=O)C(=O)OC. The molecule has 130 valence electrons. The average molecular weight is 353 g/mol. The first-order chi connectivity index (χ1) is 11.5. The van der Waals surface area contributed by atoms with Crippen molar-refractivity contribution >= 4 is 23.2 Å². The lowest BCUT2D eigenvalue weighted by molar-refractivity contribution is -0.146. The topological polar surface area (TPSA) is 103 Å². The van der Waals surface area contributed by atoms with E-state index in [0.717, 1.165) is 4.57 Å². The van der Waals surface area contributed by atoms with Gasteiger partial charge in [0.1, 0.15) is 12.6 Å². The van der Waals surface area contributed by atoms with Crippen LogP contribution in [-0.4, -0.2) is 34.8 Å². The van der Waals surface area contributed by atoms with Gasteiger partial charge in [-0.25, -0.2) is 14.2 Å². The third kappa shape index (κ3) is 3.91. The van der Waals surface area contributed by atoms with Gasteiger partial charge in [-0.1, -0.05) is 31.5 Å². The molecule has 0 fully saturated rings. The first-order valence-corrected chi connectivity index (χ1v) is 8.33. The van der Waals surface area contributed by atoms with Crippen LogP contribution in [0.3, 0.4) is 0 Å². The lowest BCUT2D eigenvalue weighted by atomic mass is 9.99. The summed E-state index contributed by atoms with van der Waals surface area (Å²) in [6, 6.07) is 2.81. The highest BCUT2D eigenvalue weighted by Crippen LogP contribution is 2.21. The summed E-state index contributed by atoms with van der Waals surface area (Å²) in [7, 11) is 1.27. The maximum absolute atomic E-state index is 12.3. The standard InChI is InChI=1S/C15H19N3O5S/c1-4-9(2)12(14(20)22-3)16-11(19)8-18-13(17-23-15(18)21)10-6-5-7-24-10/h5-7,9,12H,4,8H2,1-3H3,(H,16,19)/t9-,12+/m0/s1. The van der Waals surface area contributed by atoms with Crippen LogP contribution in [0.15, 0.2) is 26.8 Å². The molecular formula is C15H19N3O5S. The summed E-state index contributed by atoms with van der Waals surface area (Å²) in [6.07, 6.45) is 0.688. The Morgan fingerprint density at radius 3 is 2.83 bits per heavy atom. The van der Waals surface area contributed by atoms with Crippen molar-refractivity contribution in [1.29, 1.82) is 0 Å². The van der Waals surface area contributed by atoms with Crippen molar-refractivity contribution < 1.29 is 18.8 Å². The monoisotopic (exact) mass is 353 g/mol. The van der Waals surface area contributed by atoms with Crippen LogP contribution in [0, 0.1) is 5.92 Å². The van der Waals surface area contributed by atoms with Crippen molar-refractivity contribution in [1.82, 2.24) is 15.0 Å². The molecule has 0 unspecified atom stereocenters. The second-order valence-electron chi connectivity index (χ2n) is 5.29. The zero-order valence-corrected chi connectivity index (χ0v) is 14.5. The normalized spacial score (nSPS) is 13.3. The molecule has 2 atom stereocenters. The van der Waals surface area contributed by atoms with Crippen LogP contribution < -0.4 is 11.1 Å². The number of nitrogens with zero attached hydrogens (tertiary/aromatic N) is 2. The van der Waals surface area contributed by atoms with Gasteiger partial charge in [-0.3, -0.25) is 9.32 Å². The Kier molecular flexibility index (Phi) is 5.91. The zero-order chi connectivity index (χ0) is 17.7. The molecule has 1 N–H and O–H groups in total. The molecular weight excluding hydrogens is 334 g/mol.